The van der Waals surface area contributed by atoms with Gasteiger partial charge in [0, 0.05) is 15.7 Å². The molecule has 0 unspecified atom stereocenters. The molecule has 1 aromatic carbocycles. The number of amides is 1. The van der Waals surface area contributed by atoms with E-state index in [0.717, 1.165) is 0 Å². The zero-order chi connectivity index (χ0) is 11.5. The third-order valence-electron chi connectivity index (χ3n) is 1.87. The van der Waals surface area contributed by atoms with E-state index in [1.165, 1.54) is 6.26 Å². The van der Waals surface area contributed by atoms with Crippen LogP contribution >= 0.6 is 23.2 Å². The van der Waals surface area contributed by atoms with Crippen molar-refractivity contribution in [1.82, 2.24) is 0 Å². The molecule has 2 rings (SSSR count). The number of halogens is 2. The third-order valence-corrected chi connectivity index (χ3v) is 2.30. The third kappa shape index (κ3) is 2.56. The quantitative estimate of drug-likeness (QED) is 0.886. The fourth-order valence-corrected chi connectivity index (χ4v) is 1.75. The molecule has 1 amide bonds. The molecular formula is C11H7Cl2NO2. The first-order valence-electron chi connectivity index (χ1n) is 4.46. The maximum absolute atomic E-state index is 11.6. The topological polar surface area (TPSA) is 42.2 Å². The highest BCUT2D eigenvalue weighted by atomic mass is 35.5. The van der Waals surface area contributed by atoms with Crippen LogP contribution in [0, 0.1) is 0 Å². The van der Waals surface area contributed by atoms with Crippen LogP contribution < -0.4 is 5.32 Å². The molecule has 1 N–H and O–H groups in total. The summed E-state index contributed by atoms with van der Waals surface area (Å²) in [7, 11) is 0. The molecule has 0 atom stereocenters. The Kier molecular flexibility index (Phi) is 3.17. The van der Waals surface area contributed by atoms with Gasteiger partial charge in [-0.2, -0.15) is 0 Å². The number of nitrogens with one attached hydrogen (secondary N) is 1. The van der Waals surface area contributed by atoms with Gasteiger partial charge < -0.3 is 9.73 Å². The predicted octanol–water partition coefficient (Wildman–Crippen LogP) is 3.84. The van der Waals surface area contributed by atoms with Crippen LogP contribution in [-0.4, -0.2) is 5.91 Å². The van der Waals surface area contributed by atoms with Gasteiger partial charge in [-0.05, 0) is 30.3 Å². The second kappa shape index (κ2) is 4.60. The van der Waals surface area contributed by atoms with Crippen LogP contribution in [0.15, 0.2) is 41.0 Å². The van der Waals surface area contributed by atoms with Gasteiger partial charge in [0.2, 0.25) is 0 Å². The summed E-state index contributed by atoms with van der Waals surface area (Å²) in [5.41, 5.74) is 0.527. The Morgan fingerprint density at radius 2 is 1.88 bits per heavy atom. The molecule has 0 spiro atoms. The average molecular weight is 256 g/mol. The monoisotopic (exact) mass is 255 g/mol. The van der Waals surface area contributed by atoms with E-state index in [0.29, 0.717) is 15.7 Å². The lowest BCUT2D eigenvalue weighted by Gasteiger charge is -2.04. The zero-order valence-electron chi connectivity index (χ0n) is 8.04. The average Bonchev–Trinajstić information content (AvgIpc) is 2.68. The second-order valence-corrected chi connectivity index (χ2v) is 3.96. The number of hydrogen-bond donors (Lipinski definition) is 1. The maximum atomic E-state index is 11.6. The Morgan fingerprint density at radius 1 is 1.19 bits per heavy atom. The van der Waals surface area contributed by atoms with Crippen molar-refractivity contribution < 1.29 is 9.21 Å². The Morgan fingerprint density at radius 3 is 2.44 bits per heavy atom. The predicted molar refractivity (Wildman–Crippen MR) is 63.1 cm³/mol. The van der Waals surface area contributed by atoms with Crippen molar-refractivity contribution in [1.29, 1.82) is 0 Å². The van der Waals surface area contributed by atoms with Crippen molar-refractivity contribution in [3.05, 3.63) is 52.4 Å². The summed E-state index contributed by atoms with van der Waals surface area (Å²) in [4.78, 5) is 11.6. The van der Waals surface area contributed by atoms with Gasteiger partial charge in [-0.3, -0.25) is 4.79 Å². The molecule has 0 radical (unpaired) electrons. The van der Waals surface area contributed by atoms with Gasteiger partial charge in [-0.25, -0.2) is 0 Å². The highest BCUT2D eigenvalue weighted by molar-refractivity contribution is 6.35. The lowest BCUT2D eigenvalue weighted by Crippen LogP contribution is -2.10. The first kappa shape index (κ1) is 11.0. The van der Waals surface area contributed by atoms with Crippen LogP contribution in [0.4, 0.5) is 5.69 Å². The lowest BCUT2D eigenvalue weighted by molar-refractivity contribution is 0.0996. The van der Waals surface area contributed by atoms with Crippen LogP contribution in [0.1, 0.15) is 10.6 Å². The molecule has 82 valence electrons. The summed E-state index contributed by atoms with van der Waals surface area (Å²) in [6.45, 7) is 0. The van der Waals surface area contributed by atoms with E-state index in [2.05, 4.69) is 5.32 Å². The standard InChI is InChI=1S/C11H7Cl2NO2/c12-7-4-8(13)6-9(5-7)14-11(15)10-2-1-3-16-10/h1-6H,(H,14,15). The van der Waals surface area contributed by atoms with Crippen LogP contribution in [0.3, 0.4) is 0 Å². The van der Waals surface area contributed by atoms with Crippen molar-refractivity contribution in [3.63, 3.8) is 0 Å². The van der Waals surface area contributed by atoms with Crippen molar-refractivity contribution in [2.75, 3.05) is 5.32 Å². The molecule has 0 saturated carbocycles. The van der Waals surface area contributed by atoms with E-state index in [9.17, 15) is 4.79 Å². The number of benzene rings is 1. The number of furan rings is 1. The van der Waals surface area contributed by atoms with E-state index in [1.54, 1.807) is 30.3 Å². The second-order valence-electron chi connectivity index (χ2n) is 3.09. The molecule has 5 heteroatoms. The van der Waals surface area contributed by atoms with E-state index in [-0.39, 0.29) is 11.7 Å². The van der Waals surface area contributed by atoms with E-state index in [4.69, 9.17) is 27.6 Å². The number of carbonyl (C=O) groups excluding carboxylic acids is 1. The highest BCUT2D eigenvalue weighted by Gasteiger charge is 2.09. The molecule has 2 aromatic rings. The van der Waals surface area contributed by atoms with Gasteiger partial charge >= 0.3 is 0 Å². The van der Waals surface area contributed by atoms with Gasteiger partial charge in [0.1, 0.15) is 0 Å². The van der Waals surface area contributed by atoms with Gasteiger partial charge in [0.25, 0.3) is 5.91 Å². The molecule has 3 nitrogen and oxygen atoms in total. The Hall–Kier alpha value is -1.45. The normalized spacial score (nSPS) is 10.1. The van der Waals surface area contributed by atoms with Crippen LogP contribution in [0.25, 0.3) is 0 Å². The van der Waals surface area contributed by atoms with E-state index < -0.39 is 0 Å². The molecular weight excluding hydrogens is 249 g/mol. The molecule has 1 heterocycles. The number of hydrogen-bond acceptors (Lipinski definition) is 2. The number of rotatable bonds is 2. The lowest BCUT2D eigenvalue weighted by atomic mass is 10.3. The summed E-state index contributed by atoms with van der Waals surface area (Å²) in [6.07, 6.45) is 1.43. The molecule has 0 fully saturated rings. The van der Waals surface area contributed by atoms with Crippen molar-refractivity contribution in [2.45, 2.75) is 0 Å². The number of anilines is 1. The Bertz CT molecular complexity index is 488. The SMILES string of the molecule is O=C(Nc1cc(Cl)cc(Cl)c1)c1ccco1. The van der Waals surface area contributed by atoms with Gasteiger partial charge in [0.15, 0.2) is 5.76 Å². The van der Waals surface area contributed by atoms with Crippen molar-refractivity contribution in [3.8, 4) is 0 Å². The molecule has 0 saturated heterocycles. The summed E-state index contributed by atoms with van der Waals surface area (Å²) < 4.78 is 4.95. The van der Waals surface area contributed by atoms with Crippen LogP contribution in [-0.2, 0) is 0 Å². The molecule has 0 aliphatic rings. The summed E-state index contributed by atoms with van der Waals surface area (Å²) in [6, 6.07) is 8.01. The van der Waals surface area contributed by atoms with Crippen LogP contribution in [0.5, 0.6) is 0 Å². The fraction of sp³-hybridized carbons (Fsp3) is 0. The highest BCUT2D eigenvalue weighted by Crippen LogP contribution is 2.22. The smallest absolute Gasteiger partial charge is 0.291 e. The van der Waals surface area contributed by atoms with Crippen LogP contribution in [0.2, 0.25) is 10.0 Å². The largest absolute Gasteiger partial charge is 0.459 e. The minimum absolute atomic E-state index is 0.232. The first-order chi connectivity index (χ1) is 7.65. The summed E-state index contributed by atoms with van der Waals surface area (Å²) in [5.74, 6) is -0.112. The van der Waals surface area contributed by atoms with E-state index in [1.807, 2.05) is 0 Å². The maximum Gasteiger partial charge on any atom is 0.291 e. The minimum Gasteiger partial charge on any atom is -0.459 e. The Labute approximate surface area is 102 Å². The van der Waals surface area contributed by atoms with E-state index >= 15 is 0 Å². The molecule has 0 aliphatic carbocycles. The minimum atomic E-state index is -0.344. The molecule has 16 heavy (non-hydrogen) atoms. The number of carbonyl (C=O) groups is 1. The molecule has 1 aromatic heterocycles. The summed E-state index contributed by atoms with van der Waals surface area (Å²) >= 11 is 11.6. The van der Waals surface area contributed by atoms with Gasteiger partial charge in [-0.15, -0.1) is 0 Å². The molecule has 0 aliphatic heterocycles. The Balaban J connectivity index is 2.18. The molecule has 0 bridgehead atoms. The van der Waals surface area contributed by atoms with Crippen molar-refractivity contribution in [2.24, 2.45) is 0 Å². The summed E-state index contributed by atoms with van der Waals surface area (Å²) in [5, 5.41) is 3.55. The fourth-order valence-electron chi connectivity index (χ4n) is 1.23. The first-order valence-corrected chi connectivity index (χ1v) is 5.22. The van der Waals surface area contributed by atoms with Gasteiger partial charge in [-0.1, -0.05) is 23.2 Å². The van der Waals surface area contributed by atoms with Crippen molar-refractivity contribution >= 4 is 34.8 Å². The zero-order valence-corrected chi connectivity index (χ0v) is 9.55. The van der Waals surface area contributed by atoms with Gasteiger partial charge in [0.05, 0.1) is 6.26 Å².